The molecule has 0 saturated heterocycles. The number of halogens is 2. The molecule has 1 saturated carbocycles. The van der Waals surface area contributed by atoms with Gasteiger partial charge in [-0.3, -0.25) is 14.9 Å². The Morgan fingerprint density at radius 1 is 1.38 bits per heavy atom. The number of hydrogen-bond acceptors (Lipinski definition) is 4. The van der Waals surface area contributed by atoms with Gasteiger partial charge < -0.3 is 5.32 Å². The van der Waals surface area contributed by atoms with Crippen molar-refractivity contribution in [2.75, 3.05) is 0 Å². The molecular formula is C13H11Cl2N3O3. The first-order valence-corrected chi connectivity index (χ1v) is 7.01. The van der Waals surface area contributed by atoms with E-state index in [2.05, 4.69) is 11.4 Å². The number of carbonyl (C=O) groups is 1. The van der Waals surface area contributed by atoms with Crippen molar-refractivity contribution >= 4 is 34.8 Å². The van der Waals surface area contributed by atoms with Crippen molar-refractivity contribution < 1.29 is 9.72 Å². The van der Waals surface area contributed by atoms with Crippen LogP contribution in [-0.4, -0.2) is 16.4 Å². The molecule has 1 aromatic rings. The van der Waals surface area contributed by atoms with Gasteiger partial charge in [0.25, 0.3) is 11.6 Å². The maximum Gasteiger partial charge on any atom is 0.290 e. The minimum absolute atomic E-state index is 0.0117. The number of rotatable bonds is 3. The van der Waals surface area contributed by atoms with E-state index in [0.717, 1.165) is 18.9 Å². The third-order valence-electron chi connectivity index (χ3n) is 3.49. The van der Waals surface area contributed by atoms with Gasteiger partial charge in [-0.15, -0.1) is 0 Å². The molecule has 1 N–H and O–H groups in total. The van der Waals surface area contributed by atoms with Crippen molar-refractivity contribution in [2.45, 2.75) is 31.2 Å². The van der Waals surface area contributed by atoms with Crippen LogP contribution in [0.2, 0.25) is 10.0 Å². The highest BCUT2D eigenvalue weighted by Gasteiger charge is 2.36. The number of nitriles is 1. The molecule has 0 radical (unpaired) electrons. The third-order valence-corrected chi connectivity index (χ3v) is 4.28. The van der Waals surface area contributed by atoms with Crippen LogP contribution in [-0.2, 0) is 0 Å². The number of nitrogens with zero attached hydrogens (tertiary/aromatic N) is 2. The quantitative estimate of drug-likeness (QED) is 0.679. The van der Waals surface area contributed by atoms with Gasteiger partial charge in [0.05, 0.1) is 16.0 Å². The van der Waals surface area contributed by atoms with Gasteiger partial charge in [-0.1, -0.05) is 23.2 Å². The molecule has 1 fully saturated rings. The zero-order chi connectivity index (χ0) is 15.6. The fourth-order valence-corrected chi connectivity index (χ4v) is 2.76. The predicted octanol–water partition coefficient (Wildman–Crippen LogP) is 3.47. The zero-order valence-corrected chi connectivity index (χ0v) is 12.4. The number of amides is 1. The molecule has 21 heavy (non-hydrogen) atoms. The Morgan fingerprint density at radius 2 is 2.00 bits per heavy atom. The van der Waals surface area contributed by atoms with E-state index in [1.165, 1.54) is 6.07 Å². The Bertz CT molecular complexity index is 649. The maximum absolute atomic E-state index is 12.2. The number of hydrogen-bond donors (Lipinski definition) is 1. The highest BCUT2D eigenvalue weighted by molar-refractivity contribution is 6.43. The summed E-state index contributed by atoms with van der Waals surface area (Å²) < 4.78 is 0. The summed E-state index contributed by atoms with van der Waals surface area (Å²) >= 11 is 11.5. The van der Waals surface area contributed by atoms with Crippen LogP contribution in [0.5, 0.6) is 0 Å². The molecule has 0 aliphatic heterocycles. The van der Waals surface area contributed by atoms with E-state index in [9.17, 15) is 20.2 Å². The number of nitro benzene ring substituents is 1. The molecule has 1 aromatic carbocycles. The topological polar surface area (TPSA) is 96.0 Å². The summed E-state index contributed by atoms with van der Waals surface area (Å²) in [5, 5.41) is 22.5. The first-order valence-electron chi connectivity index (χ1n) is 6.26. The summed E-state index contributed by atoms with van der Waals surface area (Å²) in [6.07, 6.45) is 2.85. The average Bonchev–Trinajstić information content (AvgIpc) is 2.90. The van der Waals surface area contributed by atoms with Crippen LogP contribution < -0.4 is 5.32 Å². The van der Waals surface area contributed by atoms with Crippen LogP contribution in [0.3, 0.4) is 0 Å². The minimum atomic E-state index is -0.905. The standard InChI is InChI=1S/C13H11Cl2N3O3/c14-9-5-8(6-10(11(9)15)18(20)21)12(19)17-13(7-16)3-1-2-4-13/h5-6H,1-4H2,(H,17,19). The van der Waals surface area contributed by atoms with Gasteiger partial charge in [0.1, 0.15) is 10.6 Å². The van der Waals surface area contributed by atoms with Gasteiger partial charge in [0.15, 0.2) is 0 Å². The van der Waals surface area contributed by atoms with Gasteiger partial charge >= 0.3 is 0 Å². The highest BCUT2D eigenvalue weighted by Crippen LogP contribution is 2.34. The lowest BCUT2D eigenvalue weighted by Gasteiger charge is -2.22. The summed E-state index contributed by atoms with van der Waals surface area (Å²) in [5.41, 5.74) is -1.33. The fraction of sp³-hybridized carbons (Fsp3) is 0.385. The first kappa shape index (κ1) is 15.5. The smallest absolute Gasteiger partial charge is 0.290 e. The molecule has 1 aliphatic carbocycles. The Labute approximate surface area is 130 Å². The second-order valence-electron chi connectivity index (χ2n) is 4.90. The summed E-state index contributed by atoms with van der Waals surface area (Å²) in [7, 11) is 0. The van der Waals surface area contributed by atoms with E-state index in [1.807, 2.05) is 0 Å². The van der Waals surface area contributed by atoms with Crippen molar-refractivity contribution in [2.24, 2.45) is 0 Å². The van der Waals surface area contributed by atoms with Crippen molar-refractivity contribution in [1.82, 2.24) is 5.32 Å². The summed E-state index contributed by atoms with van der Waals surface area (Å²) in [5.74, 6) is -0.569. The van der Waals surface area contributed by atoms with Crippen molar-refractivity contribution in [3.05, 3.63) is 37.9 Å². The number of carbonyl (C=O) groups excluding carboxylic acids is 1. The molecule has 6 nitrogen and oxygen atoms in total. The summed E-state index contributed by atoms with van der Waals surface area (Å²) in [4.78, 5) is 22.4. The van der Waals surface area contributed by atoms with Gasteiger partial charge in [0, 0.05) is 11.6 Å². The molecule has 110 valence electrons. The van der Waals surface area contributed by atoms with Gasteiger partial charge in [0.2, 0.25) is 0 Å². The monoisotopic (exact) mass is 327 g/mol. The highest BCUT2D eigenvalue weighted by atomic mass is 35.5. The number of nitrogens with one attached hydrogen (secondary N) is 1. The van der Waals surface area contributed by atoms with E-state index in [-0.39, 0.29) is 15.6 Å². The molecule has 0 spiro atoms. The van der Waals surface area contributed by atoms with E-state index in [1.54, 1.807) is 0 Å². The van der Waals surface area contributed by atoms with Crippen molar-refractivity contribution in [3.63, 3.8) is 0 Å². The van der Waals surface area contributed by atoms with E-state index in [4.69, 9.17) is 23.2 Å². The Hall–Kier alpha value is -1.84. The molecule has 1 aliphatic rings. The van der Waals surface area contributed by atoms with Crippen LogP contribution in [0.4, 0.5) is 5.69 Å². The van der Waals surface area contributed by atoms with E-state index in [0.29, 0.717) is 12.8 Å². The molecule has 0 bridgehead atoms. The molecule has 2 rings (SSSR count). The molecule has 0 unspecified atom stereocenters. The molecule has 8 heteroatoms. The molecule has 0 heterocycles. The van der Waals surface area contributed by atoms with Crippen molar-refractivity contribution in [1.29, 1.82) is 5.26 Å². The lowest BCUT2D eigenvalue weighted by molar-refractivity contribution is -0.384. The van der Waals surface area contributed by atoms with Crippen LogP contribution in [0, 0.1) is 21.4 Å². The molecule has 1 amide bonds. The van der Waals surface area contributed by atoms with Crippen molar-refractivity contribution in [3.8, 4) is 6.07 Å². The second-order valence-corrected chi connectivity index (χ2v) is 5.69. The Balaban J connectivity index is 2.32. The first-order chi connectivity index (χ1) is 9.88. The Morgan fingerprint density at radius 3 is 2.52 bits per heavy atom. The lowest BCUT2D eigenvalue weighted by Crippen LogP contribution is -2.45. The van der Waals surface area contributed by atoms with Crippen LogP contribution in [0.25, 0.3) is 0 Å². The molecular weight excluding hydrogens is 317 g/mol. The maximum atomic E-state index is 12.2. The largest absolute Gasteiger partial charge is 0.334 e. The average molecular weight is 328 g/mol. The normalized spacial score (nSPS) is 16.2. The molecule has 0 aromatic heterocycles. The van der Waals surface area contributed by atoms with Crippen LogP contribution in [0.15, 0.2) is 12.1 Å². The van der Waals surface area contributed by atoms with Crippen LogP contribution in [0.1, 0.15) is 36.0 Å². The number of nitro groups is 1. The SMILES string of the molecule is N#CC1(NC(=O)c2cc(Cl)c(Cl)c([N+](=O)[O-])c2)CCCC1. The summed E-state index contributed by atoms with van der Waals surface area (Å²) in [6.45, 7) is 0. The van der Waals surface area contributed by atoms with Crippen LogP contribution >= 0.6 is 23.2 Å². The number of benzene rings is 1. The lowest BCUT2D eigenvalue weighted by atomic mass is 9.99. The van der Waals surface area contributed by atoms with Gasteiger partial charge in [-0.05, 0) is 31.7 Å². The fourth-order valence-electron chi connectivity index (χ4n) is 2.37. The minimum Gasteiger partial charge on any atom is -0.334 e. The summed E-state index contributed by atoms with van der Waals surface area (Å²) in [6, 6.07) is 4.43. The van der Waals surface area contributed by atoms with E-state index < -0.39 is 22.1 Å². The second kappa shape index (κ2) is 5.88. The third kappa shape index (κ3) is 3.09. The van der Waals surface area contributed by atoms with Gasteiger partial charge in [-0.25, -0.2) is 0 Å². The Kier molecular flexibility index (Phi) is 4.35. The van der Waals surface area contributed by atoms with Gasteiger partial charge in [-0.2, -0.15) is 5.26 Å². The zero-order valence-electron chi connectivity index (χ0n) is 10.9. The van der Waals surface area contributed by atoms with E-state index >= 15 is 0 Å². The molecule has 0 atom stereocenters. The predicted molar refractivity (Wildman–Crippen MR) is 77.4 cm³/mol.